The number of aliphatic hydroxyl groups is 1. The lowest BCUT2D eigenvalue weighted by Crippen LogP contribution is -2.43. The van der Waals surface area contributed by atoms with Gasteiger partial charge in [0.25, 0.3) is 5.91 Å². The number of rotatable bonds is 3. The van der Waals surface area contributed by atoms with Crippen LogP contribution < -0.4 is 5.69 Å². The number of hydrogen-bond acceptors (Lipinski definition) is 5. The molecular weight excluding hydrogens is 344 g/mol. The maximum absolute atomic E-state index is 13.0. The Kier molecular flexibility index (Phi) is 5.72. The summed E-state index contributed by atoms with van der Waals surface area (Å²) < 4.78 is 0. The quantitative estimate of drug-likeness (QED) is 0.835. The molecule has 2 N–H and O–H groups in total. The molecule has 7 heteroatoms. The highest BCUT2D eigenvalue weighted by molar-refractivity contribution is 5.92. The van der Waals surface area contributed by atoms with Crippen molar-refractivity contribution in [1.29, 1.82) is 0 Å². The van der Waals surface area contributed by atoms with Gasteiger partial charge in [0.2, 0.25) is 0 Å². The van der Waals surface area contributed by atoms with Gasteiger partial charge in [-0.3, -0.25) is 4.79 Å². The zero-order valence-electron chi connectivity index (χ0n) is 16.8. The van der Waals surface area contributed by atoms with Gasteiger partial charge in [-0.05, 0) is 51.3 Å². The smallest absolute Gasteiger partial charge is 0.345 e. The second kappa shape index (κ2) is 7.72. The molecular formula is C20H32N4O3. The van der Waals surface area contributed by atoms with E-state index in [-0.39, 0.29) is 17.0 Å². The third-order valence-electron chi connectivity index (χ3n) is 5.69. The Labute approximate surface area is 160 Å². The van der Waals surface area contributed by atoms with E-state index in [1.54, 1.807) is 11.0 Å². The molecule has 27 heavy (non-hydrogen) atoms. The maximum Gasteiger partial charge on any atom is 0.345 e. The van der Waals surface area contributed by atoms with E-state index >= 15 is 0 Å². The number of β-amino-alcohol motifs (C(OH)–C–C–N with tert-alkyl or cyclic N) is 1. The van der Waals surface area contributed by atoms with Crippen molar-refractivity contribution in [1.82, 2.24) is 19.8 Å². The number of nitrogens with zero attached hydrogens (tertiary/aromatic N) is 3. The van der Waals surface area contributed by atoms with Crippen molar-refractivity contribution in [2.45, 2.75) is 63.9 Å². The van der Waals surface area contributed by atoms with Crippen LogP contribution in [-0.4, -0.2) is 69.1 Å². The molecule has 0 saturated carbocycles. The van der Waals surface area contributed by atoms with Crippen molar-refractivity contribution < 1.29 is 9.90 Å². The number of aromatic amines is 1. The molecule has 3 heterocycles. The van der Waals surface area contributed by atoms with Crippen LogP contribution in [0.15, 0.2) is 10.9 Å². The molecule has 2 aliphatic heterocycles. The summed E-state index contributed by atoms with van der Waals surface area (Å²) in [4.78, 5) is 35.6. The topological polar surface area (TPSA) is 89.5 Å². The van der Waals surface area contributed by atoms with E-state index in [1.807, 2.05) is 20.8 Å². The standard InChI is InChI=1S/C20H32N4O3/c1-19(2,3)16-13-15(21-18(26)22-16)17(25)24-11-6-7-20(27,8-12-24)14-23-9-4-5-10-23/h13,27H,4-12,14H2,1-3H3,(H,21,22,26)/t20-/m0/s1. The molecule has 2 fully saturated rings. The number of aromatic nitrogens is 2. The predicted octanol–water partition coefficient (Wildman–Crippen LogP) is 1.52. The monoisotopic (exact) mass is 376 g/mol. The highest BCUT2D eigenvalue weighted by atomic mass is 16.3. The molecule has 1 amide bonds. The third kappa shape index (κ3) is 4.96. The lowest BCUT2D eigenvalue weighted by atomic mass is 9.91. The van der Waals surface area contributed by atoms with E-state index in [0.717, 1.165) is 19.5 Å². The minimum atomic E-state index is -0.739. The highest BCUT2D eigenvalue weighted by Crippen LogP contribution is 2.26. The van der Waals surface area contributed by atoms with E-state index in [1.165, 1.54) is 12.8 Å². The van der Waals surface area contributed by atoms with Crippen LogP contribution in [0.25, 0.3) is 0 Å². The molecule has 0 spiro atoms. The zero-order chi connectivity index (χ0) is 19.7. The van der Waals surface area contributed by atoms with Crippen LogP contribution in [-0.2, 0) is 5.41 Å². The second-order valence-corrected chi connectivity index (χ2v) is 9.09. The summed E-state index contributed by atoms with van der Waals surface area (Å²) in [5.41, 5.74) is -0.616. The summed E-state index contributed by atoms with van der Waals surface area (Å²) in [6.45, 7) is 9.81. The Morgan fingerprint density at radius 3 is 2.56 bits per heavy atom. The van der Waals surface area contributed by atoms with E-state index in [4.69, 9.17) is 0 Å². The van der Waals surface area contributed by atoms with Crippen LogP contribution in [0.1, 0.15) is 69.1 Å². The number of amides is 1. The van der Waals surface area contributed by atoms with Crippen LogP contribution >= 0.6 is 0 Å². The minimum Gasteiger partial charge on any atom is -0.388 e. The lowest BCUT2D eigenvalue weighted by Gasteiger charge is -2.31. The van der Waals surface area contributed by atoms with Crippen molar-refractivity contribution in [3.63, 3.8) is 0 Å². The summed E-state index contributed by atoms with van der Waals surface area (Å²) in [6.07, 6.45) is 4.41. The first-order valence-corrected chi connectivity index (χ1v) is 10.0. The van der Waals surface area contributed by atoms with Crippen LogP contribution in [0.4, 0.5) is 0 Å². The van der Waals surface area contributed by atoms with Gasteiger partial charge in [0.15, 0.2) is 0 Å². The molecule has 1 atom stereocenters. The Hall–Kier alpha value is -1.73. The Balaban J connectivity index is 1.71. The van der Waals surface area contributed by atoms with Gasteiger partial charge in [-0.25, -0.2) is 4.79 Å². The molecule has 150 valence electrons. The van der Waals surface area contributed by atoms with Crippen LogP contribution in [0.5, 0.6) is 0 Å². The van der Waals surface area contributed by atoms with Crippen LogP contribution in [0.2, 0.25) is 0 Å². The molecule has 1 aromatic heterocycles. The Morgan fingerprint density at radius 1 is 1.19 bits per heavy atom. The molecule has 0 aromatic carbocycles. The average Bonchev–Trinajstić information content (AvgIpc) is 3.00. The first kappa shape index (κ1) is 20.0. The van der Waals surface area contributed by atoms with Crippen molar-refractivity contribution >= 4 is 5.91 Å². The molecule has 7 nitrogen and oxygen atoms in total. The SMILES string of the molecule is CC(C)(C)c1cc(C(=O)N2CCC[C@@](O)(CN3CCCC3)CC2)nc(=O)[nH]1. The molecule has 0 aliphatic carbocycles. The van der Waals surface area contributed by atoms with Crippen molar-refractivity contribution in [3.8, 4) is 0 Å². The van der Waals surface area contributed by atoms with Gasteiger partial charge in [-0.2, -0.15) is 4.98 Å². The number of hydrogen-bond donors (Lipinski definition) is 2. The molecule has 3 rings (SSSR count). The molecule has 1 aromatic rings. The summed E-state index contributed by atoms with van der Waals surface area (Å²) in [7, 11) is 0. The summed E-state index contributed by atoms with van der Waals surface area (Å²) in [6, 6.07) is 1.69. The Morgan fingerprint density at radius 2 is 1.89 bits per heavy atom. The van der Waals surface area contributed by atoms with Gasteiger partial charge in [-0.15, -0.1) is 0 Å². The van der Waals surface area contributed by atoms with E-state index < -0.39 is 11.3 Å². The second-order valence-electron chi connectivity index (χ2n) is 9.09. The first-order chi connectivity index (χ1) is 12.7. The number of carbonyl (C=O) groups is 1. The summed E-state index contributed by atoms with van der Waals surface area (Å²) >= 11 is 0. The molecule has 0 radical (unpaired) electrons. The van der Waals surface area contributed by atoms with E-state index in [2.05, 4.69) is 14.9 Å². The average molecular weight is 377 g/mol. The van der Waals surface area contributed by atoms with Crippen LogP contribution in [0, 0.1) is 0 Å². The number of carbonyl (C=O) groups excluding carboxylic acids is 1. The van der Waals surface area contributed by atoms with Gasteiger partial charge < -0.3 is 19.9 Å². The van der Waals surface area contributed by atoms with Gasteiger partial charge >= 0.3 is 5.69 Å². The van der Waals surface area contributed by atoms with Gasteiger partial charge in [0.05, 0.1) is 5.60 Å². The zero-order valence-corrected chi connectivity index (χ0v) is 16.8. The first-order valence-electron chi connectivity index (χ1n) is 10.0. The van der Waals surface area contributed by atoms with E-state index in [9.17, 15) is 14.7 Å². The largest absolute Gasteiger partial charge is 0.388 e. The van der Waals surface area contributed by atoms with E-state index in [0.29, 0.717) is 38.2 Å². The molecule has 0 bridgehead atoms. The third-order valence-corrected chi connectivity index (χ3v) is 5.69. The van der Waals surface area contributed by atoms with Crippen LogP contribution in [0.3, 0.4) is 0 Å². The lowest BCUT2D eigenvalue weighted by molar-refractivity contribution is -0.00292. The van der Waals surface area contributed by atoms with Gasteiger partial charge in [-0.1, -0.05) is 20.8 Å². The summed E-state index contributed by atoms with van der Waals surface area (Å²) in [5.74, 6) is -0.225. The fraction of sp³-hybridized carbons (Fsp3) is 0.750. The fourth-order valence-corrected chi connectivity index (χ4v) is 4.03. The molecule has 2 aliphatic rings. The maximum atomic E-state index is 13.0. The van der Waals surface area contributed by atoms with Gasteiger partial charge in [0.1, 0.15) is 5.69 Å². The molecule has 0 unspecified atom stereocenters. The Bertz CT molecular complexity index is 733. The minimum absolute atomic E-state index is 0.189. The van der Waals surface area contributed by atoms with Gasteiger partial charge in [0, 0.05) is 30.7 Å². The highest BCUT2D eigenvalue weighted by Gasteiger charge is 2.34. The van der Waals surface area contributed by atoms with Crippen molar-refractivity contribution in [2.24, 2.45) is 0 Å². The number of nitrogens with one attached hydrogen (secondary N) is 1. The number of likely N-dealkylation sites (tertiary alicyclic amines) is 2. The normalized spacial score (nSPS) is 24.8. The van der Waals surface area contributed by atoms with Crippen molar-refractivity contribution in [2.75, 3.05) is 32.7 Å². The number of H-pyrrole nitrogens is 1. The predicted molar refractivity (Wildman–Crippen MR) is 104 cm³/mol. The van der Waals surface area contributed by atoms with Crippen molar-refractivity contribution in [3.05, 3.63) is 27.9 Å². The fourth-order valence-electron chi connectivity index (χ4n) is 4.03. The summed E-state index contributed by atoms with van der Waals surface area (Å²) in [5, 5.41) is 11.0. The molecule has 2 saturated heterocycles.